The number of nitrogens with one attached hydrogen (secondary N) is 2. The van der Waals surface area contributed by atoms with Crippen LogP contribution >= 0.6 is 11.8 Å². The Hall–Kier alpha value is -1.00. The second-order valence-corrected chi connectivity index (χ2v) is 3.67. The van der Waals surface area contributed by atoms with Gasteiger partial charge in [0, 0.05) is 5.88 Å². The molecule has 0 spiro atoms. The molecule has 2 N–H and O–H groups in total. The fraction of sp³-hybridized carbons (Fsp3) is 0.222. The molecule has 0 aliphatic rings. The number of para-hydroxylation sites is 2. The monoisotopic (exact) mass is 193 g/mol. The third kappa shape index (κ3) is 1.84. The van der Waals surface area contributed by atoms with Crippen molar-refractivity contribution in [2.75, 3.05) is 12.9 Å². The van der Waals surface area contributed by atoms with Crippen LogP contribution < -0.4 is 5.32 Å². The predicted octanol–water partition coefficient (Wildman–Crippen LogP) is 1.83. The lowest BCUT2D eigenvalue weighted by molar-refractivity contribution is 0.970. The van der Waals surface area contributed by atoms with Gasteiger partial charge in [-0.1, -0.05) is 23.9 Å². The quantitative estimate of drug-likeness (QED) is 0.577. The average molecular weight is 193 g/mol. The number of H-pyrrole nitrogens is 1. The Morgan fingerprint density at radius 3 is 3.08 bits per heavy atom. The summed E-state index contributed by atoms with van der Waals surface area (Å²) in [5, 5.41) is 4.03. The minimum absolute atomic E-state index is 0.875. The predicted molar refractivity (Wildman–Crippen MR) is 55.9 cm³/mol. The molecule has 1 aromatic carbocycles. The van der Waals surface area contributed by atoms with E-state index in [0.29, 0.717) is 0 Å². The number of hydrogen-bond acceptors (Lipinski definition) is 3. The maximum atomic E-state index is 4.42. The van der Waals surface area contributed by atoms with Crippen molar-refractivity contribution >= 4 is 22.8 Å². The van der Waals surface area contributed by atoms with Crippen molar-refractivity contribution in [3.05, 3.63) is 24.3 Å². The number of thioether (sulfide) groups is 1. The second kappa shape index (κ2) is 3.81. The highest BCUT2D eigenvalue weighted by Crippen LogP contribution is 2.17. The van der Waals surface area contributed by atoms with E-state index in [4.69, 9.17) is 0 Å². The molecule has 1 aromatic heterocycles. The summed E-state index contributed by atoms with van der Waals surface area (Å²) in [7, 11) is 1.93. The lowest BCUT2D eigenvalue weighted by Crippen LogP contribution is -2.03. The van der Waals surface area contributed by atoms with Crippen LogP contribution in [0.3, 0.4) is 0 Å². The molecule has 2 rings (SSSR count). The van der Waals surface area contributed by atoms with Gasteiger partial charge in [0.25, 0.3) is 0 Å². The first-order chi connectivity index (χ1) is 6.40. The number of hydrogen-bond donors (Lipinski definition) is 2. The normalized spacial score (nSPS) is 10.8. The highest BCUT2D eigenvalue weighted by Gasteiger charge is 2.00. The van der Waals surface area contributed by atoms with Crippen LogP contribution in [0.2, 0.25) is 0 Å². The summed E-state index contributed by atoms with van der Waals surface area (Å²) in [6.07, 6.45) is 0. The van der Waals surface area contributed by atoms with Gasteiger partial charge in [-0.3, -0.25) is 0 Å². The van der Waals surface area contributed by atoms with Crippen molar-refractivity contribution < 1.29 is 0 Å². The van der Waals surface area contributed by atoms with Crippen LogP contribution in [0.25, 0.3) is 11.0 Å². The maximum Gasteiger partial charge on any atom is 0.167 e. The largest absolute Gasteiger partial charge is 0.333 e. The number of aromatic amines is 1. The summed E-state index contributed by atoms with van der Waals surface area (Å²) < 4.78 is 0. The van der Waals surface area contributed by atoms with Crippen LogP contribution in [-0.4, -0.2) is 22.9 Å². The Labute approximate surface area is 80.9 Å². The fourth-order valence-corrected chi connectivity index (χ4v) is 1.76. The summed E-state index contributed by atoms with van der Waals surface area (Å²) in [4.78, 5) is 7.66. The first kappa shape index (κ1) is 8.59. The Morgan fingerprint density at radius 1 is 1.46 bits per heavy atom. The van der Waals surface area contributed by atoms with Gasteiger partial charge in [-0.2, -0.15) is 0 Å². The third-order valence-corrected chi connectivity index (χ3v) is 2.62. The molecule has 0 saturated carbocycles. The van der Waals surface area contributed by atoms with Crippen LogP contribution in [0, 0.1) is 0 Å². The standard InChI is InChI=1S/C9H11N3S/c1-10-6-13-9-11-7-4-2-3-5-8(7)12-9/h2-5,10H,6H2,1H3,(H,11,12). The minimum Gasteiger partial charge on any atom is -0.333 e. The zero-order valence-corrected chi connectivity index (χ0v) is 8.19. The van der Waals surface area contributed by atoms with Gasteiger partial charge < -0.3 is 10.3 Å². The molecule has 0 radical (unpaired) electrons. The molecule has 4 heteroatoms. The Kier molecular flexibility index (Phi) is 2.52. The molecular weight excluding hydrogens is 182 g/mol. The summed E-state index contributed by atoms with van der Waals surface area (Å²) in [6.45, 7) is 0. The first-order valence-corrected chi connectivity index (χ1v) is 5.11. The molecule has 0 fully saturated rings. The summed E-state index contributed by atoms with van der Waals surface area (Å²) in [5.74, 6) is 0.875. The molecule has 13 heavy (non-hydrogen) atoms. The molecule has 0 saturated heterocycles. The number of imidazole rings is 1. The molecular formula is C9H11N3S. The summed E-state index contributed by atoms with van der Waals surface area (Å²) in [5.41, 5.74) is 2.13. The zero-order valence-electron chi connectivity index (χ0n) is 7.37. The van der Waals surface area contributed by atoms with Gasteiger partial charge in [-0.05, 0) is 19.2 Å². The van der Waals surface area contributed by atoms with E-state index in [1.54, 1.807) is 11.8 Å². The summed E-state index contributed by atoms with van der Waals surface area (Å²) >= 11 is 1.67. The van der Waals surface area contributed by atoms with Crippen LogP contribution in [0.15, 0.2) is 29.4 Å². The number of fused-ring (bicyclic) bond motifs is 1. The summed E-state index contributed by atoms with van der Waals surface area (Å²) in [6, 6.07) is 8.05. The van der Waals surface area contributed by atoms with Crippen LogP contribution in [-0.2, 0) is 0 Å². The van der Waals surface area contributed by atoms with E-state index in [2.05, 4.69) is 15.3 Å². The molecule has 2 aromatic rings. The van der Waals surface area contributed by atoms with E-state index >= 15 is 0 Å². The van der Waals surface area contributed by atoms with Crippen molar-refractivity contribution in [1.82, 2.24) is 15.3 Å². The van der Waals surface area contributed by atoms with Crippen LogP contribution in [0.5, 0.6) is 0 Å². The van der Waals surface area contributed by atoms with Gasteiger partial charge in [-0.25, -0.2) is 4.98 Å². The highest BCUT2D eigenvalue weighted by atomic mass is 32.2. The molecule has 68 valence electrons. The molecule has 1 heterocycles. The molecule has 0 amide bonds. The topological polar surface area (TPSA) is 40.7 Å². The Morgan fingerprint density at radius 2 is 2.31 bits per heavy atom. The van der Waals surface area contributed by atoms with Gasteiger partial charge in [0.15, 0.2) is 5.16 Å². The van der Waals surface area contributed by atoms with Gasteiger partial charge in [0.1, 0.15) is 0 Å². The maximum absolute atomic E-state index is 4.42. The lowest BCUT2D eigenvalue weighted by Gasteiger charge is -1.92. The molecule has 3 nitrogen and oxygen atoms in total. The number of nitrogens with zero attached hydrogens (tertiary/aromatic N) is 1. The number of rotatable bonds is 3. The van der Waals surface area contributed by atoms with Gasteiger partial charge >= 0.3 is 0 Å². The van der Waals surface area contributed by atoms with Crippen LogP contribution in [0.4, 0.5) is 0 Å². The number of aromatic nitrogens is 2. The Bertz CT molecular complexity index is 363. The highest BCUT2D eigenvalue weighted by molar-refractivity contribution is 7.99. The molecule has 0 atom stereocenters. The second-order valence-electron chi connectivity index (χ2n) is 2.70. The van der Waals surface area contributed by atoms with Crippen molar-refractivity contribution in [3.8, 4) is 0 Å². The van der Waals surface area contributed by atoms with Gasteiger partial charge in [-0.15, -0.1) is 0 Å². The molecule has 0 aliphatic heterocycles. The van der Waals surface area contributed by atoms with Crippen molar-refractivity contribution in [2.24, 2.45) is 0 Å². The van der Waals surface area contributed by atoms with Crippen molar-refractivity contribution in [3.63, 3.8) is 0 Å². The smallest absolute Gasteiger partial charge is 0.167 e. The van der Waals surface area contributed by atoms with Gasteiger partial charge in [0.2, 0.25) is 0 Å². The number of benzene rings is 1. The van der Waals surface area contributed by atoms with E-state index in [0.717, 1.165) is 22.1 Å². The first-order valence-electron chi connectivity index (χ1n) is 4.12. The van der Waals surface area contributed by atoms with Crippen molar-refractivity contribution in [1.29, 1.82) is 0 Å². The lowest BCUT2D eigenvalue weighted by atomic mass is 10.3. The van der Waals surface area contributed by atoms with E-state index in [9.17, 15) is 0 Å². The third-order valence-electron chi connectivity index (χ3n) is 1.72. The minimum atomic E-state index is 0.875. The van der Waals surface area contributed by atoms with Crippen LogP contribution in [0.1, 0.15) is 0 Å². The van der Waals surface area contributed by atoms with E-state index < -0.39 is 0 Å². The van der Waals surface area contributed by atoms with Crippen molar-refractivity contribution in [2.45, 2.75) is 5.16 Å². The van der Waals surface area contributed by atoms with E-state index in [-0.39, 0.29) is 0 Å². The van der Waals surface area contributed by atoms with E-state index in [1.165, 1.54) is 0 Å². The zero-order chi connectivity index (χ0) is 9.10. The Balaban J connectivity index is 2.28. The fourth-order valence-electron chi connectivity index (χ4n) is 1.14. The SMILES string of the molecule is CNCSc1nc2ccccc2[nH]1. The van der Waals surface area contributed by atoms with E-state index in [1.807, 2.05) is 31.3 Å². The van der Waals surface area contributed by atoms with Gasteiger partial charge in [0.05, 0.1) is 11.0 Å². The molecule has 0 bridgehead atoms. The molecule has 0 aliphatic carbocycles. The average Bonchev–Trinajstić information content (AvgIpc) is 2.57. The molecule has 0 unspecified atom stereocenters.